The van der Waals surface area contributed by atoms with Crippen molar-refractivity contribution in [2.24, 2.45) is 0 Å². The summed E-state index contributed by atoms with van der Waals surface area (Å²) in [7, 11) is 0. The number of nitrogens with one attached hydrogen (secondary N) is 1. The molecule has 1 N–H and O–H groups in total. The quantitative estimate of drug-likeness (QED) is 0.904. The molecule has 1 aliphatic rings. The predicted octanol–water partition coefficient (Wildman–Crippen LogP) is 2.87. The van der Waals surface area contributed by atoms with Crippen LogP contribution in [0.5, 0.6) is 0 Å². The van der Waals surface area contributed by atoms with Gasteiger partial charge in [0.05, 0.1) is 17.0 Å². The number of nitrogens with zero attached hydrogens (tertiary/aromatic N) is 2. The number of carbonyl (C=O) groups is 2. The van der Waals surface area contributed by atoms with Gasteiger partial charge in [0, 0.05) is 18.2 Å². The molecule has 0 aliphatic carbocycles. The average molecular weight is 365 g/mol. The minimum atomic E-state index is -1.13. The molecule has 0 fully saturated rings. The van der Waals surface area contributed by atoms with Crippen LogP contribution in [0.25, 0.3) is 0 Å². The molecule has 3 rings (SSSR count). The first-order valence-corrected chi connectivity index (χ1v) is 7.84. The molecule has 2 aromatic rings. The molecular weight excluding hydrogens is 348 g/mol. The zero-order valence-corrected chi connectivity index (χ0v) is 14.4. The monoisotopic (exact) mass is 365 g/mol. The zero-order chi connectivity index (χ0) is 19.1. The van der Waals surface area contributed by atoms with Gasteiger partial charge in [0.25, 0.3) is 5.91 Å². The topological polar surface area (TPSA) is 84.7 Å². The Balaban J connectivity index is 1.86. The minimum Gasteiger partial charge on any atom is -0.368 e. The van der Waals surface area contributed by atoms with Crippen LogP contribution in [0.15, 0.2) is 22.7 Å². The molecule has 0 radical (unpaired) electrons. The molecule has 2 amide bonds. The van der Waals surface area contributed by atoms with Gasteiger partial charge in [-0.3, -0.25) is 14.5 Å². The zero-order valence-electron chi connectivity index (χ0n) is 14.4. The van der Waals surface area contributed by atoms with Gasteiger partial charge in [-0.05, 0) is 20.8 Å². The molecule has 7 nitrogen and oxygen atoms in total. The lowest BCUT2D eigenvalue weighted by molar-refractivity contribution is -0.115. The van der Waals surface area contributed by atoms with E-state index < -0.39 is 29.0 Å². The third-order valence-electron chi connectivity index (χ3n) is 3.58. The predicted molar refractivity (Wildman–Crippen MR) is 87.7 cm³/mol. The summed E-state index contributed by atoms with van der Waals surface area (Å²) in [5.41, 5.74) is -0.414. The lowest BCUT2D eigenvalue weighted by Crippen LogP contribution is -2.42. The fourth-order valence-electron chi connectivity index (χ4n) is 2.37. The standard InChI is InChI=1S/C17H17F2N3O4/c1-17(2,3)25-8-9-4-13(21-26-9)16(24)22-7-15(23)20-12-5-10(18)11(19)6-14(12)22/h4-6H,7-8H2,1-3H3,(H,20,23). The van der Waals surface area contributed by atoms with E-state index in [9.17, 15) is 18.4 Å². The van der Waals surface area contributed by atoms with Crippen molar-refractivity contribution in [3.05, 3.63) is 41.3 Å². The second-order valence-corrected chi connectivity index (χ2v) is 6.80. The van der Waals surface area contributed by atoms with Crippen LogP contribution in [-0.4, -0.2) is 29.1 Å². The highest BCUT2D eigenvalue weighted by molar-refractivity contribution is 6.14. The Hall–Kier alpha value is -2.81. The smallest absolute Gasteiger partial charge is 0.281 e. The second-order valence-electron chi connectivity index (χ2n) is 6.80. The number of ether oxygens (including phenoxy) is 1. The third-order valence-corrected chi connectivity index (χ3v) is 3.58. The summed E-state index contributed by atoms with van der Waals surface area (Å²) in [6.45, 7) is 5.36. The van der Waals surface area contributed by atoms with Gasteiger partial charge in [-0.1, -0.05) is 5.16 Å². The van der Waals surface area contributed by atoms with E-state index in [2.05, 4.69) is 10.5 Å². The Morgan fingerprint density at radius 1 is 1.31 bits per heavy atom. The highest BCUT2D eigenvalue weighted by Crippen LogP contribution is 2.32. The highest BCUT2D eigenvalue weighted by Gasteiger charge is 2.31. The number of hydrogen-bond acceptors (Lipinski definition) is 5. The van der Waals surface area contributed by atoms with Gasteiger partial charge in [0.15, 0.2) is 23.1 Å². The van der Waals surface area contributed by atoms with Gasteiger partial charge in [-0.25, -0.2) is 8.78 Å². The van der Waals surface area contributed by atoms with Crippen molar-refractivity contribution >= 4 is 23.2 Å². The number of rotatable bonds is 3. The molecule has 138 valence electrons. The van der Waals surface area contributed by atoms with Crippen LogP contribution in [0.2, 0.25) is 0 Å². The summed E-state index contributed by atoms with van der Waals surface area (Å²) in [4.78, 5) is 25.5. The van der Waals surface area contributed by atoms with E-state index >= 15 is 0 Å². The molecule has 9 heteroatoms. The van der Waals surface area contributed by atoms with Crippen molar-refractivity contribution in [1.29, 1.82) is 0 Å². The van der Waals surface area contributed by atoms with E-state index in [-0.39, 0.29) is 30.2 Å². The Labute approximate surface area is 147 Å². The first-order valence-electron chi connectivity index (χ1n) is 7.84. The number of anilines is 2. The van der Waals surface area contributed by atoms with E-state index in [0.717, 1.165) is 17.0 Å². The molecule has 0 saturated carbocycles. The lowest BCUT2D eigenvalue weighted by atomic mass is 10.1. The van der Waals surface area contributed by atoms with Crippen LogP contribution >= 0.6 is 0 Å². The number of hydrogen-bond donors (Lipinski definition) is 1. The van der Waals surface area contributed by atoms with Gasteiger partial charge in [-0.2, -0.15) is 0 Å². The number of amides is 2. The molecule has 1 aromatic carbocycles. The SMILES string of the molecule is CC(C)(C)OCc1cc(C(=O)N2CC(=O)Nc3cc(F)c(F)cc32)no1. The molecule has 0 unspecified atom stereocenters. The van der Waals surface area contributed by atoms with Gasteiger partial charge < -0.3 is 14.6 Å². The number of carbonyl (C=O) groups excluding carboxylic acids is 2. The van der Waals surface area contributed by atoms with Crippen molar-refractivity contribution in [3.63, 3.8) is 0 Å². The van der Waals surface area contributed by atoms with Crippen LogP contribution in [-0.2, 0) is 16.1 Å². The molecular formula is C17H17F2N3O4. The maximum Gasteiger partial charge on any atom is 0.281 e. The summed E-state index contributed by atoms with van der Waals surface area (Å²) in [5, 5.41) is 6.09. The van der Waals surface area contributed by atoms with E-state index in [4.69, 9.17) is 9.26 Å². The Kier molecular flexibility index (Phi) is 4.49. The van der Waals surface area contributed by atoms with Crippen LogP contribution in [0.3, 0.4) is 0 Å². The van der Waals surface area contributed by atoms with Crippen LogP contribution in [0, 0.1) is 11.6 Å². The number of benzene rings is 1. The Morgan fingerprint density at radius 3 is 2.69 bits per heavy atom. The summed E-state index contributed by atoms with van der Waals surface area (Å²) in [6, 6.07) is 3.07. The molecule has 1 aromatic heterocycles. The van der Waals surface area contributed by atoms with Crippen LogP contribution in [0.4, 0.5) is 20.2 Å². The second kappa shape index (κ2) is 6.49. The van der Waals surface area contributed by atoms with E-state index in [0.29, 0.717) is 5.76 Å². The Bertz CT molecular complexity index is 873. The lowest BCUT2D eigenvalue weighted by Gasteiger charge is -2.28. The number of fused-ring (bicyclic) bond motifs is 1. The average Bonchev–Trinajstić information content (AvgIpc) is 3.01. The number of halogens is 2. The van der Waals surface area contributed by atoms with E-state index in [1.165, 1.54) is 6.07 Å². The summed E-state index contributed by atoms with van der Waals surface area (Å²) >= 11 is 0. The van der Waals surface area contributed by atoms with Crippen molar-refractivity contribution < 1.29 is 27.6 Å². The van der Waals surface area contributed by atoms with Gasteiger partial charge in [0.1, 0.15) is 13.2 Å². The molecule has 0 saturated heterocycles. The third kappa shape index (κ3) is 3.72. The van der Waals surface area contributed by atoms with Crippen molar-refractivity contribution in [2.75, 3.05) is 16.8 Å². The molecule has 0 atom stereocenters. The van der Waals surface area contributed by atoms with Crippen LogP contribution in [0.1, 0.15) is 37.0 Å². The molecule has 1 aliphatic heterocycles. The maximum atomic E-state index is 13.6. The maximum absolute atomic E-state index is 13.6. The summed E-state index contributed by atoms with van der Waals surface area (Å²) in [5.74, 6) is -3.12. The highest BCUT2D eigenvalue weighted by atomic mass is 19.2. The van der Waals surface area contributed by atoms with Crippen molar-refractivity contribution in [2.45, 2.75) is 33.0 Å². The van der Waals surface area contributed by atoms with Gasteiger partial charge in [-0.15, -0.1) is 0 Å². The largest absolute Gasteiger partial charge is 0.368 e. The first kappa shape index (κ1) is 18.0. The number of aromatic nitrogens is 1. The van der Waals surface area contributed by atoms with Crippen LogP contribution < -0.4 is 10.2 Å². The fraction of sp³-hybridized carbons (Fsp3) is 0.353. The van der Waals surface area contributed by atoms with E-state index in [1.807, 2.05) is 20.8 Å². The molecule has 0 spiro atoms. The van der Waals surface area contributed by atoms with Gasteiger partial charge >= 0.3 is 0 Å². The van der Waals surface area contributed by atoms with E-state index in [1.54, 1.807) is 0 Å². The molecule has 0 bridgehead atoms. The normalized spacial score (nSPS) is 14.2. The molecule has 2 heterocycles. The van der Waals surface area contributed by atoms with Gasteiger partial charge in [0.2, 0.25) is 5.91 Å². The fourth-order valence-corrected chi connectivity index (χ4v) is 2.37. The first-order chi connectivity index (χ1) is 12.1. The summed E-state index contributed by atoms with van der Waals surface area (Å²) < 4.78 is 37.6. The molecule has 26 heavy (non-hydrogen) atoms. The summed E-state index contributed by atoms with van der Waals surface area (Å²) in [6.07, 6.45) is 0. The minimum absolute atomic E-state index is 0.00767. The van der Waals surface area contributed by atoms with Crippen molar-refractivity contribution in [1.82, 2.24) is 5.16 Å². The Morgan fingerprint density at radius 2 is 2.00 bits per heavy atom. The van der Waals surface area contributed by atoms with Crippen molar-refractivity contribution in [3.8, 4) is 0 Å².